The van der Waals surface area contributed by atoms with E-state index in [4.69, 9.17) is 28.3 Å². The summed E-state index contributed by atoms with van der Waals surface area (Å²) < 4.78 is 26.0. The molecule has 76 valence electrons. The third-order valence-corrected chi connectivity index (χ3v) is 2.01. The topological polar surface area (TPSA) is 50.2 Å². The second kappa shape index (κ2) is 3.67. The van der Waals surface area contributed by atoms with Gasteiger partial charge in [-0.2, -0.15) is 8.78 Å². The number of hydrogen-bond acceptors (Lipinski definition) is 2. The number of nitrogens with zero attached hydrogens (tertiary/aromatic N) is 1. The lowest BCUT2D eigenvalue weighted by Gasteiger charge is -2.13. The van der Waals surface area contributed by atoms with Crippen LogP contribution in [0.3, 0.4) is 0 Å². The van der Waals surface area contributed by atoms with Gasteiger partial charge < -0.3 is 5.11 Å². The zero-order chi connectivity index (χ0) is 10.9. The Labute approximate surface area is 87.3 Å². The summed E-state index contributed by atoms with van der Waals surface area (Å²) in [5.41, 5.74) is -0.941. The molecule has 0 spiro atoms. The Morgan fingerprint density at radius 3 is 2.14 bits per heavy atom. The zero-order valence-electron chi connectivity index (χ0n) is 6.47. The Morgan fingerprint density at radius 2 is 1.79 bits per heavy atom. The van der Waals surface area contributed by atoms with Crippen molar-refractivity contribution >= 4 is 29.2 Å². The van der Waals surface area contributed by atoms with Crippen LogP contribution in [-0.4, -0.2) is 16.1 Å². The Morgan fingerprint density at radius 1 is 1.36 bits per heavy atom. The molecule has 7 heteroatoms. The molecule has 0 radical (unpaired) electrons. The molecular formula is C7H3Cl2F2NO2. The van der Waals surface area contributed by atoms with Crippen molar-refractivity contribution < 1.29 is 18.7 Å². The lowest BCUT2D eigenvalue weighted by Crippen LogP contribution is -2.26. The molecule has 0 atom stereocenters. The van der Waals surface area contributed by atoms with Crippen LogP contribution in [-0.2, 0) is 10.7 Å². The number of carboxylic acid groups (broad SMARTS) is 1. The van der Waals surface area contributed by atoms with E-state index in [2.05, 4.69) is 4.98 Å². The lowest BCUT2D eigenvalue weighted by atomic mass is 10.1. The normalized spacial score (nSPS) is 11.4. The van der Waals surface area contributed by atoms with Gasteiger partial charge in [-0.25, -0.2) is 4.79 Å². The molecule has 0 aliphatic rings. The predicted octanol–water partition coefficient (Wildman–Crippen LogP) is 2.56. The molecule has 0 aliphatic carbocycles. The number of alkyl halides is 2. The number of aliphatic carboxylic acids is 1. The fourth-order valence-corrected chi connectivity index (χ4v) is 1.42. The van der Waals surface area contributed by atoms with Crippen molar-refractivity contribution in [3.63, 3.8) is 0 Å². The van der Waals surface area contributed by atoms with Crippen molar-refractivity contribution in [2.24, 2.45) is 0 Å². The van der Waals surface area contributed by atoms with Crippen LogP contribution >= 0.6 is 23.2 Å². The lowest BCUT2D eigenvalue weighted by molar-refractivity contribution is -0.166. The summed E-state index contributed by atoms with van der Waals surface area (Å²) in [7, 11) is 0. The molecule has 0 aromatic carbocycles. The highest BCUT2D eigenvalue weighted by Gasteiger charge is 2.44. The van der Waals surface area contributed by atoms with Gasteiger partial charge in [-0.1, -0.05) is 23.2 Å². The van der Waals surface area contributed by atoms with Crippen molar-refractivity contribution in [1.29, 1.82) is 0 Å². The molecule has 0 unspecified atom stereocenters. The van der Waals surface area contributed by atoms with Gasteiger partial charge in [-0.15, -0.1) is 0 Å². The van der Waals surface area contributed by atoms with E-state index in [1.165, 1.54) is 0 Å². The van der Waals surface area contributed by atoms with E-state index in [0.717, 1.165) is 12.4 Å². The monoisotopic (exact) mass is 241 g/mol. The van der Waals surface area contributed by atoms with Crippen molar-refractivity contribution in [1.82, 2.24) is 4.98 Å². The Balaban J connectivity index is 3.38. The van der Waals surface area contributed by atoms with E-state index in [1.54, 1.807) is 0 Å². The summed E-state index contributed by atoms with van der Waals surface area (Å²) in [6, 6.07) is 0. The van der Waals surface area contributed by atoms with E-state index in [1.807, 2.05) is 0 Å². The van der Waals surface area contributed by atoms with Gasteiger partial charge in [0, 0.05) is 12.4 Å². The first kappa shape index (κ1) is 11.1. The number of aromatic nitrogens is 1. The molecule has 0 fully saturated rings. The second-order valence-electron chi connectivity index (χ2n) is 2.36. The largest absolute Gasteiger partial charge is 0.477 e. The third-order valence-electron chi connectivity index (χ3n) is 1.44. The molecule has 1 aromatic heterocycles. The average Bonchev–Trinajstić information content (AvgIpc) is 2.02. The van der Waals surface area contributed by atoms with Crippen molar-refractivity contribution in [2.45, 2.75) is 5.92 Å². The minimum Gasteiger partial charge on any atom is -0.477 e. The summed E-state index contributed by atoms with van der Waals surface area (Å²) in [6.07, 6.45) is 1.80. The first-order valence-corrected chi connectivity index (χ1v) is 4.03. The van der Waals surface area contributed by atoms with Crippen molar-refractivity contribution in [3.05, 3.63) is 28.0 Å². The standard InChI is InChI=1S/C7H3Cl2F2NO2/c8-3-1-12-2-4(9)5(3)7(10,11)6(13)14/h1-2H,(H,13,14). The van der Waals surface area contributed by atoms with Crippen LogP contribution in [0.25, 0.3) is 0 Å². The fraction of sp³-hybridized carbons (Fsp3) is 0.143. The van der Waals surface area contributed by atoms with Gasteiger partial charge in [0.15, 0.2) is 0 Å². The maximum atomic E-state index is 13.0. The van der Waals surface area contributed by atoms with Crippen molar-refractivity contribution in [3.8, 4) is 0 Å². The summed E-state index contributed by atoms with van der Waals surface area (Å²) in [5, 5.41) is 7.29. The van der Waals surface area contributed by atoms with Crippen LogP contribution in [0.15, 0.2) is 12.4 Å². The average molecular weight is 242 g/mol. The van der Waals surface area contributed by atoms with E-state index >= 15 is 0 Å². The molecular weight excluding hydrogens is 239 g/mol. The Kier molecular flexibility index (Phi) is 2.92. The van der Waals surface area contributed by atoms with Crippen LogP contribution in [0.2, 0.25) is 10.0 Å². The van der Waals surface area contributed by atoms with Gasteiger partial charge in [0.05, 0.1) is 15.6 Å². The summed E-state index contributed by atoms with van der Waals surface area (Å²) in [4.78, 5) is 13.7. The van der Waals surface area contributed by atoms with Crippen molar-refractivity contribution in [2.75, 3.05) is 0 Å². The van der Waals surface area contributed by atoms with Gasteiger partial charge in [0.25, 0.3) is 0 Å². The van der Waals surface area contributed by atoms with Crippen LogP contribution in [0.1, 0.15) is 5.56 Å². The molecule has 0 saturated carbocycles. The molecule has 1 rings (SSSR count). The van der Waals surface area contributed by atoms with E-state index < -0.39 is 27.5 Å². The predicted molar refractivity (Wildman–Crippen MR) is 45.8 cm³/mol. The number of carboxylic acids is 1. The van der Waals surface area contributed by atoms with Crippen LogP contribution in [0.5, 0.6) is 0 Å². The minimum atomic E-state index is -4.11. The third kappa shape index (κ3) is 1.78. The summed E-state index contributed by atoms with van der Waals surface area (Å²) >= 11 is 10.7. The van der Waals surface area contributed by atoms with Crippen LogP contribution in [0, 0.1) is 0 Å². The maximum absolute atomic E-state index is 13.0. The molecule has 1 heterocycles. The Hall–Kier alpha value is -0.940. The first-order chi connectivity index (χ1) is 6.37. The highest BCUT2D eigenvalue weighted by Crippen LogP contribution is 2.37. The number of carbonyl (C=O) groups is 1. The fourth-order valence-electron chi connectivity index (χ4n) is 0.818. The van der Waals surface area contributed by atoms with Gasteiger partial charge in [0.1, 0.15) is 0 Å². The minimum absolute atomic E-state index is 0.482. The number of halogens is 4. The number of rotatable bonds is 2. The smallest absolute Gasteiger partial charge is 0.379 e. The van der Waals surface area contributed by atoms with Gasteiger partial charge >= 0.3 is 11.9 Å². The molecule has 0 aliphatic heterocycles. The van der Waals surface area contributed by atoms with E-state index in [9.17, 15) is 13.6 Å². The molecule has 0 bridgehead atoms. The van der Waals surface area contributed by atoms with E-state index in [-0.39, 0.29) is 0 Å². The van der Waals surface area contributed by atoms with E-state index in [0.29, 0.717) is 0 Å². The number of hydrogen-bond donors (Lipinski definition) is 1. The quantitative estimate of drug-likeness (QED) is 0.866. The molecule has 0 amide bonds. The number of pyridine rings is 1. The highest BCUT2D eigenvalue weighted by atomic mass is 35.5. The molecule has 14 heavy (non-hydrogen) atoms. The SMILES string of the molecule is O=C(O)C(F)(F)c1c(Cl)cncc1Cl. The summed E-state index contributed by atoms with van der Waals surface area (Å²) in [6.45, 7) is 0. The van der Waals surface area contributed by atoms with Crippen LogP contribution < -0.4 is 0 Å². The second-order valence-corrected chi connectivity index (χ2v) is 3.17. The Bertz CT molecular complexity index is 364. The maximum Gasteiger partial charge on any atom is 0.379 e. The summed E-state index contributed by atoms with van der Waals surface area (Å²) in [5.74, 6) is -6.43. The zero-order valence-corrected chi connectivity index (χ0v) is 7.98. The van der Waals surface area contributed by atoms with Gasteiger partial charge in [0.2, 0.25) is 0 Å². The van der Waals surface area contributed by atoms with Crippen LogP contribution in [0.4, 0.5) is 8.78 Å². The molecule has 1 aromatic rings. The van der Waals surface area contributed by atoms with Gasteiger partial charge in [-0.3, -0.25) is 4.98 Å². The molecule has 1 N–H and O–H groups in total. The molecule has 3 nitrogen and oxygen atoms in total. The van der Waals surface area contributed by atoms with Gasteiger partial charge in [-0.05, 0) is 0 Å². The molecule has 0 saturated heterocycles. The highest BCUT2D eigenvalue weighted by molar-refractivity contribution is 6.36. The first-order valence-electron chi connectivity index (χ1n) is 3.28.